The molecule has 1 aliphatic heterocycles. The number of rotatable bonds is 3. The van der Waals surface area contributed by atoms with Crippen LogP contribution in [0, 0.1) is 0 Å². The van der Waals surface area contributed by atoms with Crippen molar-refractivity contribution in [3.05, 3.63) is 29.8 Å². The Morgan fingerprint density at radius 3 is 2.00 bits per heavy atom. The monoisotopic (exact) mass is 287 g/mol. The second-order valence-corrected chi connectivity index (χ2v) is 6.22. The van der Waals surface area contributed by atoms with Crippen LogP contribution in [0.15, 0.2) is 29.2 Å². The fourth-order valence-electron chi connectivity index (χ4n) is 1.85. The van der Waals surface area contributed by atoms with Crippen LogP contribution in [-0.4, -0.2) is 59.3 Å². The van der Waals surface area contributed by atoms with Crippen molar-refractivity contribution in [1.82, 2.24) is 4.31 Å². The fourth-order valence-corrected chi connectivity index (χ4v) is 3.33. The first-order valence-electron chi connectivity index (χ1n) is 5.52. The normalized spacial score (nSPS) is 24.5. The Bertz CT molecular complexity index is 572. The number of carboxylic acid groups (broad SMARTS) is 1. The molecule has 3 N–H and O–H groups in total. The lowest BCUT2D eigenvalue weighted by atomic mass is 10.2. The summed E-state index contributed by atoms with van der Waals surface area (Å²) < 4.78 is 25.3. The Balaban J connectivity index is 2.27. The first-order chi connectivity index (χ1) is 8.82. The molecule has 1 aromatic rings. The second kappa shape index (κ2) is 4.89. The van der Waals surface area contributed by atoms with E-state index in [4.69, 9.17) is 5.11 Å². The lowest BCUT2D eigenvalue weighted by Gasteiger charge is -2.15. The lowest BCUT2D eigenvalue weighted by molar-refractivity contribution is 0.0572. The smallest absolute Gasteiger partial charge is 0.335 e. The van der Waals surface area contributed by atoms with Crippen LogP contribution in [0.2, 0.25) is 0 Å². The van der Waals surface area contributed by atoms with Crippen LogP contribution in [0.5, 0.6) is 0 Å². The quantitative estimate of drug-likeness (QED) is 0.664. The van der Waals surface area contributed by atoms with Gasteiger partial charge in [0.25, 0.3) is 0 Å². The summed E-state index contributed by atoms with van der Waals surface area (Å²) in [6, 6.07) is 4.77. The highest BCUT2D eigenvalue weighted by Crippen LogP contribution is 2.21. The molecule has 0 aromatic heterocycles. The molecule has 1 heterocycles. The van der Waals surface area contributed by atoms with Gasteiger partial charge in [0, 0.05) is 13.1 Å². The molecule has 0 aliphatic carbocycles. The van der Waals surface area contributed by atoms with Crippen molar-refractivity contribution >= 4 is 16.0 Å². The topological polar surface area (TPSA) is 115 Å². The van der Waals surface area contributed by atoms with Crippen LogP contribution in [-0.2, 0) is 10.0 Å². The van der Waals surface area contributed by atoms with Gasteiger partial charge in [0.05, 0.1) is 22.7 Å². The molecule has 7 nitrogen and oxygen atoms in total. The average Bonchev–Trinajstić information content (AvgIpc) is 2.70. The van der Waals surface area contributed by atoms with Gasteiger partial charge in [-0.15, -0.1) is 0 Å². The highest BCUT2D eigenvalue weighted by atomic mass is 32.2. The van der Waals surface area contributed by atoms with Gasteiger partial charge < -0.3 is 15.3 Å². The number of hydrogen-bond donors (Lipinski definition) is 3. The van der Waals surface area contributed by atoms with Gasteiger partial charge in [-0.2, -0.15) is 4.31 Å². The highest BCUT2D eigenvalue weighted by Gasteiger charge is 2.37. The average molecular weight is 287 g/mol. The van der Waals surface area contributed by atoms with Gasteiger partial charge in [-0.05, 0) is 24.3 Å². The zero-order chi connectivity index (χ0) is 14.2. The molecule has 0 bridgehead atoms. The number of sulfonamides is 1. The molecule has 2 atom stereocenters. The standard InChI is InChI=1S/C11H13NO6S/c13-9-5-12(6-10(9)14)19(17,18)8-3-1-7(2-4-8)11(15)16/h1-4,9-10,13-14H,5-6H2,(H,15,16). The molecule has 2 rings (SSSR count). The number of hydrogen-bond acceptors (Lipinski definition) is 5. The zero-order valence-electron chi connectivity index (χ0n) is 9.80. The number of aliphatic hydroxyl groups is 2. The molecule has 104 valence electrons. The summed E-state index contributed by atoms with van der Waals surface area (Å²) in [6.07, 6.45) is -2.21. The van der Waals surface area contributed by atoms with Gasteiger partial charge in [-0.25, -0.2) is 13.2 Å². The summed E-state index contributed by atoms with van der Waals surface area (Å²) in [7, 11) is -3.83. The van der Waals surface area contributed by atoms with Crippen LogP contribution in [0.25, 0.3) is 0 Å². The van der Waals surface area contributed by atoms with Gasteiger partial charge in [0.15, 0.2) is 0 Å². The van der Waals surface area contributed by atoms with E-state index in [0.29, 0.717) is 0 Å². The van der Waals surface area contributed by atoms with Gasteiger partial charge in [0.2, 0.25) is 10.0 Å². The van der Waals surface area contributed by atoms with E-state index in [-0.39, 0.29) is 23.5 Å². The molecule has 1 fully saturated rings. The third-order valence-corrected chi connectivity index (χ3v) is 4.81. The maximum Gasteiger partial charge on any atom is 0.335 e. The zero-order valence-corrected chi connectivity index (χ0v) is 10.6. The second-order valence-electron chi connectivity index (χ2n) is 4.29. The Kier molecular flexibility index (Phi) is 3.59. The van der Waals surface area contributed by atoms with Crippen molar-refractivity contribution in [2.24, 2.45) is 0 Å². The van der Waals surface area contributed by atoms with Gasteiger partial charge in [-0.3, -0.25) is 0 Å². The van der Waals surface area contributed by atoms with Crippen molar-refractivity contribution < 1.29 is 28.5 Å². The molecule has 0 radical (unpaired) electrons. The predicted molar refractivity (Wildman–Crippen MR) is 64.2 cm³/mol. The fraction of sp³-hybridized carbons (Fsp3) is 0.364. The molecule has 1 saturated heterocycles. The summed E-state index contributed by atoms with van der Waals surface area (Å²) in [5, 5.41) is 27.5. The van der Waals surface area contributed by atoms with Crippen molar-refractivity contribution in [3.63, 3.8) is 0 Å². The molecule has 0 saturated carbocycles. The van der Waals surface area contributed by atoms with Crippen LogP contribution in [0.4, 0.5) is 0 Å². The van der Waals surface area contributed by atoms with E-state index in [1.807, 2.05) is 0 Å². The summed E-state index contributed by atoms with van der Waals surface area (Å²) >= 11 is 0. The first kappa shape index (κ1) is 13.9. The van der Waals surface area contributed by atoms with Crippen LogP contribution in [0.1, 0.15) is 10.4 Å². The van der Waals surface area contributed by atoms with E-state index in [1.54, 1.807) is 0 Å². The molecule has 19 heavy (non-hydrogen) atoms. The predicted octanol–water partition coefficient (Wildman–Crippen LogP) is -0.889. The molecular weight excluding hydrogens is 274 g/mol. The van der Waals surface area contributed by atoms with Gasteiger partial charge in [0.1, 0.15) is 0 Å². The summed E-state index contributed by atoms with van der Waals surface area (Å²) in [4.78, 5) is 10.6. The largest absolute Gasteiger partial charge is 0.478 e. The number of aliphatic hydroxyl groups excluding tert-OH is 2. The van der Waals surface area contributed by atoms with Gasteiger partial charge >= 0.3 is 5.97 Å². The summed E-state index contributed by atoms with van der Waals surface area (Å²) in [6.45, 7) is -0.353. The van der Waals surface area contributed by atoms with Gasteiger partial charge in [-0.1, -0.05) is 0 Å². The van der Waals surface area contributed by atoms with Crippen molar-refractivity contribution in [1.29, 1.82) is 0 Å². The third kappa shape index (κ3) is 2.61. The number of nitrogens with zero attached hydrogens (tertiary/aromatic N) is 1. The Morgan fingerprint density at radius 2 is 1.58 bits per heavy atom. The number of carboxylic acids is 1. The molecule has 1 aliphatic rings. The molecule has 8 heteroatoms. The Hall–Kier alpha value is -1.48. The van der Waals surface area contributed by atoms with Crippen molar-refractivity contribution in [2.45, 2.75) is 17.1 Å². The summed E-state index contributed by atoms with van der Waals surface area (Å²) in [5.41, 5.74) is -0.0135. The first-order valence-corrected chi connectivity index (χ1v) is 6.96. The summed E-state index contributed by atoms with van der Waals surface area (Å²) in [5.74, 6) is -1.14. The van der Waals surface area contributed by atoms with E-state index in [9.17, 15) is 23.4 Å². The molecule has 2 unspecified atom stereocenters. The molecule has 0 spiro atoms. The highest BCUT2D eigenvalue weighted by molar-refractivity contribution is 7.89. The third-order valence-electron chi connectivity index (χ3n) is 2.96. The van der Waals surface area contributed by atoms with E-state index >= 15 is 0 Å². The molecule has 1 aromatic carbocycles. The van der Waals surface area contributed by atoms with Crippen LogP contribution in [0.3, 0.4) is 0 Å². The van der Waals surface area contributed by atoms with E-state index in [0.717, 1.165) is 4.31 Å². The molecule has 0 amide bonds. The minimum Gasteiger partial charge on any atom is -0.478 e. The molecular formula is C11H13NO6S. The van der Waals surface area contributed by atoms with Crippen molar-refractivity contribution in [3.8, 4) is 0 Å². The Labute approximate surface area is 109 Å². The maximum atomic E-state index is 12.2. The number of carbonyl (C=O) groups is 1. The minimum atomic E-state index is -3.83. The van der Waals surface area contributed by atoms with Crippen LogP contribution >= 0.6 is 0 Å². The van der Waals surface area contributed by atoms with Crippen LogP contribution < -0.4 is 0 Å². The number of β-amino-alcohol motifs (C(OH)–C–C–N with tert-alkyl or cyclic N) is 2. The number of aromatic carboxylic acids is 1. The van der Waals surface area contributed by atoms with E-state index < -0.39 is 28.2 Å². The van der Waals surface area contributed by atoms with E-state index in [2.05, 4.69) is 0 Å². The maximum absolute atomic E-state index is 12.2. The van der Waals surface area contributed by atoms with Crippen molar-refractivity contribution in [2.75, 3.05) is 13.1 Å². The lowest BCUT2D eigenvalue weighted by Crippen LogP contribution is -2.30. The SMILES string of the molecule is O=C(O)c1ccc(S(=O)(=O)N2CC(O)C(O)C2)cc1. The minimum absolute atomic E-state index is 0.0135. The Morgan fingerprint density at radius 1 is 1.11 bits per heavy atom. The number of benzene rings is 1. The van der Waals surface area contributed by atoms with E-state index in [1.165, 1.54) is 24.3 Å².